The van der Waals surface area contributed by atoms with Gasteiger partial charge >= 0.3 is 6.09 Å². The minimum atomic E-state index is -0.898. The van der Waals surface area contributed by atoms with E-state index >= 15 is 0 Å². The van der Waals surface area contributed by atoms with E-state index in [1.54, 1.807) is 7.11 Å². The zero-order valence-electron chi connectivity index (χ0n) is 16.1. The van der Waals surface area contributed by atoms with Crippen molar-refractivity contribution < 1.29 is 14.6 Å². The molecule has 0 atom stereocenters. The molecule has 4 heterocycles. The number of aromatic amines is 2. The SMILES string of the molecule is COc1n[nH]c2ccc(Nc3ncnc4[nH]c(C5=CCN(C(=O)O)CC5)cc34)cc12. The number of nitrogens with zero attached hydrogens (tertiary/aromatic N) is 4. The van der Waals surface area contributed by atoms with Gasteiger partial charge in [0.05, 0.1) is 23.4 Å². The number of aromatic nitrogens is 5. The molecular weight excluding hydrogens is 386 g/mol. The Kier molecular flexibility index (Phi) is 4.24. The summed E-state index contributed by atoms with van der Waals surface area (Å²) in [6.07, 6.45) is 3.18. The predicted molar refractivity (Wildman–Crippen MR) is 112 cm³/mol. The van der Waals surface area contributed by atoms with E-state index in [1.807, 2.05) is 30.3 Å². The zero-order valence-corrected chi connectivity index (χ0v) is 16.1. The molecule has 0 bridgehead atoms. The summed E-state index contributed by atoms with van der Waals surface area (Å²) in [6, 6.07) is 7.81. The molecule has 10 nitrogen and oxygen atoms in total. The number of nitrogens with one attached hydrogen (secondary N) is 3. The predicted octanol–water partition coefficient (Wildman–Crippen LogP) is 3.35. The van der Waals surface area contributed by atoms with Crippen LogP contribution < -0.4 is 10.1 Å². The molecule has 4 N–H and O–H groups in total. The Hall–Kier alpha value is -4.08. The number of benzene rings is 1. The first-order valence-corrected chi connectivity index (χ1v) is 9.42. The van der Waals surface area contributed by atoms with Crippen LogP contribution in [-0.4, -0.2) is 61.4 Å². The van der Waals surface area contributed by atoms with Crippen molar-refractivity contribution in [2.75, 3.05) is 25.5 Å². The molecule has 4 aromatic rings. The van der Waals surface area contributed by atoms with E-state index in [4.69, 9.17) is 9.84 Å². The van der Waals surface area contributed by atoms with Crippen LogP contribution in [0.1, 0.15) is 12.1 Å². The molecule has 152 valence electrons. The Morgan fingerprint density at radius 3 is 2.93 bits per heavy atom. The van der Waals surface area contributed by atoms with Crippen molar-refractivity contribution in [2.45, 2.75) is 6.42 Å². The van der Waals surface area contributed by atoms with Crippen LogP contribution >= 0.6 is 0 Å². The van der Waals surface area contributed by atoms with Crippen LogP contribution in [0.3, 0.4) is 0 Å². The van der Waals surface area contributed by atoms with Gasteiger partial charge in [-0.1, -0.05) is 6.08 Å². The van der Waals surface area contributed by atoms with Crippen molar-refractivity contribution in [1.29, 1.82) is 0 Å². The number of carboxylic acid groups (broad SMARTS) is 1. The Balaban J connectivity index is 1.47. The molecule has 0 fully saturated rings. The van der Waals surface area contributed by atoms with Gasteiger partial charge in [0.25, 0.3) is 0 Å². The number of fused-ring (bicyclic) bond motifs is 2. The van der Waals surface area contributed by atoms with E-state index in [9.17, 15) is 4.79 Å². The number of H-pyrrole nitrogens is 2. The highest BCUT2D eigenvalue weighted by Gasteiger charge is 2.19. The largest absolute Gasteiger partial charge is 0.480 e. The van der Waals surface area contributed by atoms with Gasteiger partial charge in [-0.25, -0.2) is 14.8 Å². The molecule has 1 aromatic carbocycles. The van der Waals surface area contributed by atoms with Gasteiger partial charge in [-0.15, -0.1) is 5.10 Å². The van der Waals surface area contributed by atoms with Crippen LogP contribution in [-0.2, 0) is 0 Å². The average molecular weight is 405 g/mol. The Morgan fingerprint density at radius 2 is 2.17 bits per heavy atom. The topological polar surface area (TPSA) is 132 Å². The molecule has 5 rings (SSSR count). The van der Waals surface area contributed by atoms with Crippen LogP contribution in [0.5, 0.6) is 5.88 Å². The Morgan fingerprint density at radius 1 is 1.27 bits per heavy atom. The number of rotatable bonds is 4. The fourth-order valence-electron chi connectivity index (χ4n) is 3.66. The van der Waals surface area contributed by atoms with Gasteiger partial charge in [-0.2, -0.15) is 0 Å². The first kappa shape index (κ1) is 18.0. The first-order chi connectivity index (χ1) is 14.6. The van der Waals surface area contributed by atoms with Crippen molar-refractivity contribution in [3.8, 4) is 5.88 Å². The maximum absolute atomic E-state index is 11.1. The minimum Gasteiger partial charge on any atom is -0.480 e. The fourth-order valence-corrected chi connectivity index (χ4v) is 3.66. The highest BCUT2D eigenvalue weighted by Crippen LogP contribution is 2.31. The lowest BCUT2D eigenvalue weighted by molar-refractivity contribution is 0.150. The molecule has 0 saturated carbocycles. The number of methoxy groups -OCH3 is 1. The second-order valence-corrected chi connectivity index (χ2v) is 6.99. The molecule has 3 aromatic heterocycles. The molecule has 30 heavy (non-hydrogen) atoms. The van der Waals surface area contributed by atoms with Gasteiger partial charge in [0, 0.05) is 24.5 Å². The highest BCUT2D eigenvalue weighted by molar-refractivity contribution is 5.94. The first-order valence-electron chi connectivity index (χ1n) is 9.42. The van der Waals surface area contributed by atoms with E-state index in [2.05, 4.69) is 30.5 Å². The summed E-state index contributed by atoms with van der Waals surface area (Å²) in [6.45, 7) is 0.850. The lowest BCUT2D eigenvalue weighted by atomic mass is 10.1. The number of hydrogen-bond donors (Lipinski definition) is 4. The maximum Gasteiger partial charge on any atom is 0.407 e. The molecule has 1 aliphatic heterocycles. The fraction of sp³-hybridized carbons (Fsp3) is 0.200. The summed E-state index contributed by atoms with van der Waals surface area (Å²) in [4.78, 5) is 24.6. The molecule has 10 heteroatoms. The van der Waals surface area contributed by atoms with Crippen molar-refractivity contribution in [3.63, 3.8) is 0 Å². The third-order valence-electron chi connectivity index (χ3n) is 5.24. The van der Waals surface area contributed by atoms with Crippen molar-refractivity contribution >= 4 is 45.1 Å². The molecule has 0 unspecified atom stereocenters. The maximum atomic E-state index is 11.1. The van der Waals surface area contributed by atoms with Crippen molar-refractivity contribution in [1.82, 2.24) is 30.0 Å². The molecule has 1 amide bonds. The number of amides is 1. The Labute approximate surface area is 170 Å². The summed E-state index contributed by atoms with van der Waals surface area (Å²) >= 11 is 0. The number of hydrogen-bond acceptors (Lipinski definition) is 6. The molecule has 0 saturated heterocycles. The van der Waals surface area contributed by atoms with Crippen LogP contribution in [0.15, 0.2) is 36.7 Å². The second kappa shape index (κ2) is 7.07. The second-order valence-electron chi connectivity index (χ2n) is 6.99. The van der Waals surface area contributed by atoms with Gasteiger partial charge in [0.1, 0.15) is 17.8 Å². The summed E-state index contributed by atoms with van der Waals surface area (Å²) in [5.41, 5.74) is 4.44. The molecule has 0 aliphatic carbocycles. The van der Waals surface area contributed by atoms with Crippen molar-refractivity contribution in [3.05, 3.63) is 42.4 Å². The van der Waals surface area contributed by atoms with Crippen LogP contribution in [0, 0.1) is 0 Å². The zero-order chi connectivity index (χ0) is 20.7. The van der Waals surface area contributed by atoms with Crippen LogP contribution in [0.2, 0.25) is 0 Å². The van der Waals surface area contributed by atoms with Crippen molar-refractivity contribution in [2.24, 2.45) is 0 Å². The van der Waals surface area contributed by atoms with E-state index in [0.717, 1.165) is 33.2 Å². The quantitative estimate of drug-likeness (QED) is 0.409. The summed E-state index contributed by atoms with van der Waals surface area (Å²) in [5.74, 6) is 1.21. The highest BCUT2D eigenvalue weighted by atomic mass is 16.5. The third kappa shape index (κ3) is 3.08. The lowest BCUT2D eigenvalue weighted by Gasteiger charge is -2.23. The third-order valence-corrected chi connectivity index (χ3v) is 5.24. The van der Waals surface area contributed by atoms with E-state index < -0.39 is 6.09 Å². The molecule has 0 radical (unpaired) electrons. The Bertz CT molecular complexity index is 1290. The number of ether oxygens (including phenoxy) is 1. The summed E-state index contributed by atoms with van der Waals surface area (Å²) in [7, 11) is 1.58. The number of anilines is 2. The van der Waals surface area contributed by atoms with E-state index in [1.165, 1.54) is 11.2 Å². The van der Waals surface area contributed by atoms with Crippen LogP contribution in [0.4, 0.5) is 16.3 Å². The molecule has 1 aliphatic rings. The standard InChI is InChI=1S/C20H19N7O3/c1-30-19-13-8-12(2-3-15(13)25-26-19)23-17-14-9-16(24-18(14)22-10-21-17)11-4-6-27(7-5-11)20(28)29/h2-4,8-10H,5-7H2,1H3,(H,25,26)(H,28,29)(H2,21,22,23,24). The van der Waals surface area contributed by atoms with Gasteiger partial charge in [-0.3, -0.25) is 5.10 Å². The number of carbonyl (C=O) groups is 1. The van der Waals surface area contributed by atoms with Gasteiger partial charge in [0.2, 0.25) is 5.88 Å². The lowest BCUT2D eigenvalue weighted by Crippen LogP contribution is -2.33. The van der Waals surface area contributed by atoms with E-state index in [0.29, 0.717) is 36.9 Å². The smallest absolute Gasteiger partial charge is 0.407 e. The average Bonchev–Trinajstić information content (AvgIpc) is 3.38. The summed E-state index contributed by atoms with van der Waals surface area (Å²) in [5, 5.41) is 21.3. The van der Waals surface area contributed by atoms with Gasteiger partial charge in [-0.05, 0) is 36.3 Å². The normalized spacial score (nSPS) is 14.2. The van der Waals surface area contributed by atoms with Crippen LogP contribution in [0.25, 0.3) is 27.5 Å². The molecular formula is C20H19N7O3. The molecule has 0 spiro atoms. The van der Waals surface area contributed by atoms with Gasteiger partial charge < -0.3 is 25.0 Å². The monoisotopic (exact) mass is 405 g/mol. The summed E-state index contributed by atoms with van der Waals surface area (Å²) < 4.78 is 5.29. The minimum absolute atomic E-state index is 0.378. The van der Waals surface area contributed by atoms with E-state index in [-0.39, 0.29) is 0 Å². The van der Waals surface area contributed by atoms with Gasteiger partial charge in [0.15, 0.2) is 0 Å².